The maximum absolute atomic E-state index is 9.70. The lowest BCUT2D eigenvalue weighted by Crippen LogP contribution is -2.30. The Balaban J connectivity index is 2.22. The summed E-state index contributed by atoms with van der Waals surface area (Å²) in [5.74, 6) is 0.534. The van der Waals surface area contributed by atoms with Crippen molar-refractivity contribution in [1.29, 1.82) is 0 Å². The predicted octanol–water partition coefficient (Wildman–Crippen LogP) is 1.85. The number of hydrogen-bond acceptors (Lipinski definition) is 4. The maximum Gasteiger partial charge on any atom is 0.0918 e. The molecular weight excluding hydrogens is 178 g/mol. The fourth-order valence-corrected chi connectivity index (χ4v) is 1.65. The number of aliphatic hydroxyl groups is 1. The molecule has 2 atom stereocenters. The fraction of sp³-hybridized carbons (Fsp3) is 1.00. The first-order chi connectivity index (χ1) is 6.61. The Hall–Kier alpha value is -0.640. The van der Waals surface area contributed by atoms with Crippen molar-refractivity contribution in [1.82, 2.24) is 5.01 Å². The minimum Gasteiger partial charge on any atom is -0.391 e. The first-order valence-electron chi connectivity index (χ1n) is 5.45. The zero-order valence-corrected chi connectivity index (χ0v) is 9.35. The molecule has 0 aromatic carbocycles. The van der Waals surface area contributed by atoms with Crippen molar-refractivity contribution in [3.63, 3.8) is 0 Å². The molecule has 4 heteroatoms. The third kappa shape index (κ3) is 3.62. The standard InChI is InChI=1S/C10H21N3O/c1-4-9-6-13(12-11-9)7-10(14)5-8(2)3/h8-10,14H,4-7H2,1-3H3. The van der Waals surface area contributed by atoms with E-state index in [4.69, 9.17) is 0 Å². The molecular formula is C10H21N3O. The highest BCUT2D eigenvalue weighted by atomic mass is 16.3. The maximum atomic E-state index is 9.70. The Morgan fingerprint density at radius 1 is 1.50 bits per heavy atom. The third-order valence-corrected chi connectivity index (χ3v) is 2.40. The van der Waals surface area contributed by atoms with E-state index in [0.29, 0.717) is 18.5 Å². The van der Waals surface area contributed by atoms with Crippen LogP contribution in [0, 0.1) is 5.92 Å². The number of hydrogen-bond donors (Lipinski definition) is 1. The van der Waals surface area contributed by atoms with Gasteiger partial charge in [-0.1, -0.05) is 26.0 Å². The Bertz CT molecular complexity index is 194. The molecule has 0 aliphatic carbocycles. The van der Waals surface area contributed by atoms with E-state index >= 15 is 0 Å². The summed E-state index contributed by atoms with van der Waals surface area (Å²) >= 11 is 0. The SMILES string of the molecule is CCC1CN(CC(O)CC(C)C)N=N1. The molecule has 0 saturated heterocycles. The molecule has 0 aromatic heterocycles. The molecule has 0 aromatic rings. The first-order valence-corrected chi connectivity index (χ1v) is 5.45. The minimum atomic E-state index is -0.274. The topological polar surface area (TPSA) is 48.2 Å². The van der Waals surface area contributed by atoms with Crippen LogP contribution < -0.4 is 0 Å². The van der Waals surface area contributed by atoms with Crippen molar-refractivity contribution < 1.29 is 5.11 Å². The molecule has 0 fully saturated rings. The smallest absolute Gasteiger partial charge is 0.0918 e. The molecule has 0 spiro atoms. The highest BCUT2D eigenvalue weighted by Gasteiger charge is 2.20. The normalized spacial score (nSPS) is 23.5. The van der Waals surface area contributed by atoms with Crippen molar-refractivity contribution in [2.24, 2.45) is 16.3 Å². The summed E-state index contributed by atoms with van der Waals surface area (Å²) in [6, 6.07) is 0.334. The highest BCUT2D eigenvalue weighted by Crippen LogP contribution is 2.13. The second kappa shape index (κ2) is 5.29. The lowest BCUT2D eigenvalue weighted by atomic mass is 10.1. The largest absolute Gasteiger partial charge is 0.391 e. The molecule has 1 N–H and O–H groups in total. The summed E-state index contributed by atoms with van der Waals surface area (Å²) in [7, 11) is 0. The number of rotatable bonds is 5. The average molecular weight is 199 g/mol. The summed E-state index contributed by atoms with van der Waals surface area (Å²) in [4.78, 5) is 0. The molecule has 0 amide bonds. The van der Waals surface area contributed by atoms with Crippen LogP contribution in [-0.4, -0.2) is 35.4 Å². The van der Waals surface area contributed by atoms with Crippen molar-refractivity contribution in [2.75, 3.05) is 13.1 Å². The van der Waals surface area contributed by atoms with E-state index in [1.165, 1.54) is 0 Å². The molecule has 2 unspecified atom stereocenters. The van der Waals surface area contributed by atoms with Crippen LogP contribution in [0.15, 0.2) is 10.3 Å². The van der Waals surface area contributed by atoms with E-state index in [-0.39, 0.29) is 6.10 Å². The summed E-state index contributed by atoms with van der Waals surface area (Å²) in [6.45, 7) is 7.83. The van der Waals surface area contributed by atoms with Gasteiger partial charge in [0.2, 0.25) is 0 Å². The lowest BCUT2D eigenvalue weighted by Gasteiger charge is -2.19. The van der Waals surface area contributed by atoms with Gasteiger partial charge in [0.1, 0.15) is 0 Å². The van der Waals surface area contributed by atoms with E-state index in [1.807, 2.05) is 5.01 Å². The second-order valence-electron chi connectivity index (χ2n) is 4.42. The van der Waals surface area contributed by atoms with E-state index < -0.39 is 0 Å². The van der Waals surface area contributed by atoms with Gasteiger partial charge in [-0.15, -0.1) is 0 Å². The zero-order chi connectivity index (χ0) is 10.6. The number of aliphatic hydroxyl groups excluding tert-OH is 1. The van der Waals surface area contributed by atoms with Gasteiger partial charge in [-0.25, -0.2) is 0 Å². The molecule has 0 saturated carbocycles. The van der Waals surface area contributed by atoms with E-state index in [2.05, 4.69) is 31.1 Å². The molecule has 1 aliphatic rings. The molecule has 1 heterocycles. The average Bonchev–Trinajstić information content (AvgIpc) is 2.50. The van der Waals surface area contributed by atoms with Crippen molar-refractivity contribution in [3.05, 3.63) is 0 Å². The highest BCUT2D eigenvalue weighted by molar-refractivity contribution is 4.74. The Labute approximate surface area is 86.0 Å². The summed E-state index contributed by atoms with van der Waals surface area (Å²) < 4.78 is 0. The van der Waals surface area contributed by atoms with E-state index in [0.717, 1.165) is 19.4 Å². The molecule has 1 rings (SSSR count). The van der Waals surface area contributed by atoms with Crippen molar-refractivity contribution in [2.45, 2.75) is 45.8 Å². The van der Waals surface area contributed by atoms with Gasteiger partial charge in [-0.2, -0.15) is 5.11 Å². The Morgan fingerprint density at radius 3 is 2.71 bits per heavy atom. The van der Waals surface area contributed by atoms with E-state index in [1.54, 1.807) is 0 Å². The molecule has 82 valence electrons. The number of β-amino-alcohol motifs (C(OH)–C–C–N with tert-alkyl or cyclic N) is 1. The lowest BCUT2D eigenvalue weighted by molar-refractivity contribution is 0.0998. The molecule has 14 heavy (non-hydrogen) atoms. The van der Waals surface area contributed by atoms with Gasteiger partial charge in [-0.3, -0.25) is 5.01 Å². The van der Waals surface area contributed by atoms with Crippen LogP contribution in [0.3, 0.4) is 0 Å². The van der Waals surface area contributed by atoms with Gasteiger partial charge in [-0.05, 0) is 18.8 Å². The molecule has 0 bridgehead atoms. The fourth-order valence-electron chi connectivity index (χ4n) is 1.65. The molecule has 4 nitrogen and oxygen atoms in total. The molecule has 0 radical (unpaired) electrons. The van der Waals surface area contributed by atoms with Gasteiger partial charge in [0.15, 0.2) is 0 Å². The van der Waals surface area contributed by atoms with Crippen LogP contribution >= 0.6 is 0 Å². The second-order valence-corrected chi connectivity index (χ2v) is 4.42. The van der Waals surface area contributed by atoms with Crippen molar-refractivity contribution >= 4 is 0 Å². The predicted molar refractivity (Wildman–Crippen MR) is 56.0 cm³/mol. The van der Waals surface area contributed by atoms with E-state index in [9.17, 15) is 5.11 Å². The van der Waals surface area contributed by atoms with Crippen LogP contribution in [0.25, 0.3) is 0 Å². The Kier molecular flexibility index (Phi) is 4.32. The first kappa shape index (κ1) is 11.4. The number of nitrogens with zero attached hydrogens (tertiary/aromatic N) is 3. The minimum absolute atomic E-state index is 0.274. The van der Waals surface area contributed by atoms with Crippen LogP contribution in [0.1, 0.15) is 33.6 Å². The van der Waals surface area contributed by atoms with Gasteiger partial charge < -0.3 is 5.11 Å². The summed E-state index contributed by atoms with van der Waals surface area (Å²) in [5.41, 5.74) is 0. The monoisotopic (exact) mass is 199 g/mol. The van der Waals surface area contributed by atoms with Gasteiger partial charge >= 0.3 is 0 Å². The van der Waals surface area contributed by atoms with Crippen LogP contribution in [0.2, 0.25) is 0 Å². The van der Waals surface area contributed by atoms with Crippen LogP contribution in [0.4, 0.5) is 0 Å². The Morgan fingerprint density at radius 2 is 2.21 bits per heavy atom. The van der Waals surface area contributed by atoms with Crippen LogP contribution in [-0.2, 0) is 0 Å². The van der Waals surface area contributed by atoms with Gasteiger partial charge in [0, 0.05) is 0 Å². The zero-order valence-electron chi connectivity index (χ0n) is 9.35. The van der Waals surface area contributed by atoms with Crippen LogP contribution in [0.5, 0.6) is 0 Å². The van der Waals surface area contributed by atoms with Gasteiger partial charge in [0.05, 0.1) is 25.2 Å². The quantitative estimate of drug-likeness (QED) is 0.734. The third-order valence-electron chi connectivity index (χ3n) is 2.40. The molecule has 1 aliphatic heterocycles. The van der Waals surface area contributed by atoms with Gasteiger partial charge in [0.25, 0.3) is 0 Å². The summed E-state index contributed by atoms with van der Waals surface area (Å²) in [6.07, 6.45) is 1.59. The summed E-state index contributed by atoms with van der Waals surface area (Å²) in [5, 5.41) is 19.7. The van der Waals surface area contributed by atoms with Crippen molar-refractivity contribution in [3.8, 4) is 0 Å².